The van der Waals surface area contributed by atoms with Crippen molar-refractivity contribution in [2.75, 3.05) is 46.1 Å². The summed E-state index contributed by atoms with van der Waals surface area (Å²) in [4.78, 5) is 23.3. The summed E-state index contributed by atoms with van der Waals surface area (Å²) in [5.74, 6) is 0. The van der Waals surface area contributed by atoms with Crippen LogP contribution in [-0.2, 0) is 31.5 Å². The van der Waals surface area contributed by atoms with Crippen LogP contribution in [0.5, 0.6) is 0 Å². The molecule has 0 aliphatic rings. The van der Waals surface area contributed by atoms with Crippen LogP contribution in [0, 0.1) is 0 Å². The van der Waals surface area contributed by atoms with E-state index in [2.05, 4.69) is 20.6 Å². The first-order valence-electron chi connectivity index (χ1n) is 12.5. The van der Waals surface area contributed by atoms with Crippen LogP contribution in [0.25, 0.3) is 0 Å². The highest BCUT2D eigenvalue weighted by atomic mass is 31.2. The zero-order chi connectivity index (χ0) is 27.5. The van der Waals surface area contributed by atoms with Crippen LogP contribution >= 0.6 is 15.2 Å². The van der Waals surface area contributed by atoms with Crippen molar-refractivity contribution >= 4 is 32.1 Å². The Kier molecular flexibility index (Phi) is 12.4. The molecule has 10 nitrogen and oxygen atoms in total. The minimum absolute atomic E-state index is 0.358. The number of nitrogens with zero attached hydrogens (tertiary/aromatic N) is 3. The first kappa shape index (κ1) is 31.1. The molecule has 0 spiro atoms. The molecule has 2 heterocycles. The molecule has 0 saturated carbocycles. The molecule has 37 heavy (non-hydrogen) atoms. The van der Waals surface area contributed by atoms with Crippen LogP contribution in [0.15, 0.2) is 36.4 Å². The van der Waals surface area contributed by atoms with Crippen molar-refractivity contribution in [3.8, 4) is 0 Å². The fraction of sp³-hybridized carbons (Fsp3) is 0.560. The fourth-order valence-electron chi connectivity index (χ4n) is 3.36. The van der Waals surface area contributed by atoms with Crippen LogP contribution < -0.4 is 21.5 Å². The van der Waals surface area contributed by atoms with Gasteiger partial charge in [0, 0.05) is 45.9 Å². The van der Waals surface area contributed by atoms with E-state index >= 15 is 0 Å². The average Bonchev–Trinajstić information content (AvgIpc) is 2.82. The summed E-state index contributed by atoms with van der Waals surface area (Å²) in [6.45, 7) is 13.8. The van der Waals surface area contributed by atoms with Crippen LogP contribution in [0.1, 0.15) is 39.1 Å². The topological polar surface area (TPSA) is 123 Å². The lowest BCUT2D eigenvalue weighted by Crippen LogP contribution is -2.43. The van der Waals surface area contributed by atoms with Crippen molar-refractivity contribution in [3.63, 3.8) is 0 Å². The molecule has 206 valence electrons. The summed E-state index contributed by atoms with van der Waals surface area (Å²) in [6, 6.07) is 10.9. The fourth-order valence-corrected chi connectivity index (χ4v) is 5.28. The van der Waals surface area contributed by atoms with Gasteiger partial charge in [-0.15, -0.1) is 0 Å². The number of aromatic nitrogens is 2. The summed E-state index contributed by atoms with van der Waals surface area (Å²) >= 11 is 0. The zero-order valence-electron chi connectivity index (χ0n) is 22.7. The highest BCUT2D eigenvalue weighted by Crippen LogP contribution is 2.40. The molecule has 0 aliphatic carbocycles. The Balaban J connectivity index is 1.89. The molecule has 0 aliphatic heterocycles. The van der Waals surface area contributed by atoms with Gasteiger partial charge in [0.05, 0.1) is 23.4 Å². The molecule has 2 unspecified atom stereocenters. The van der Waals surface area contributed by atoms with Crippen molar-refractivity contribution in [2.45, 2.75) is 46.4 Å². The summed E-state index contributed by atoms with van der Waals surface area (Å²) in [5, 5.41) is 6.59. The first-order chi connectivity index (χ1) is 17.4. The summed E-state index contributed by atoms with van der Waals surface area (Å²) < 4.78 is 35.3. The lowest BCUT2D eigenvalue weighted by molar-refractivity contribution is 0.0253. The van der Waals surface area contributed by atoms with Gasteiger partial charge in [-0.05, 0) is 58.6 Å². The molecule has 1 amide bonds. The predicted octanol–water partition coefficient (Wildman–Crippen LogP) is 2.98. The van der Waals surface area contributed by atoms with E-state index in [-0.39, 0.29) is 6.09 Å². The molecule has 0 aromatic carbocycles. The van der Waals surface area contributed by atoms with E-state index < -0.39 is 20.8 Å². The second-order valence-electron chi connectivity index (χ2n) is 9.64. The van der Waals surface area contributed by atoms with Gasteiger partial charge in [0.2, 0.25) is 7.37 Å². The number of pyridine rings is 2. The van der Waals surface area contributed by atoms with Crippen LogP contribution in [0.4, 0.5) is 4.79 Å². The molecule has 12 heteroatoms. The van der Waals surface area contributed by atoms with Crippen LogP contribution in [0.3, 0.4) is 0 Å². The number of rotatable bonds is 14. The number of nitrogens with one attached hydrogen (secondary N) is 2. The molecular weight excluding hydrogens is 512 g/mol. The predicted molar refractivity (Wildman–Crippen MR) is 149 cm³/mol. The number of carbonyl (C=O) groups is 1. The molecule has 0 bridgehead atoms. The lowest BCUT2D eigenvalue weighted by Gasteiger charge is -2.27. The number of hydrogen-bond donors (Lipinski definition) is 2. The SMILES string of the molecule is CCOP(C)(=O)c1cccc(CNCCN(CCNCc2cccc([PH](C)=O)n2)C(=O)OC(C)(C)C)n1. The molecule has 2 aromatic heterocycles. The third kappa shape index (κ3) is 11.5. The maximum Gasteiger partial charge on any atom is 0.410 e. The third-order valence-corrected chi connectivity index (χ3v) is 7.96. The van der Waals surface area contributed by atoms with E-state index in [4.69, 9.17) is 9.26 Å². The number of carbonyl (C=O) groups excluding carboxylic acids is 1. The third-order valence-electron chi connectivity index (χ3n) is 5.13. The standard InChI is InChI=1S/C25H41N5O5P2/c1-7-34-37(6,33)23-13-9-11-21(29-23)19-27-15-17-30(24(31)35-25(2,3)4)16-14-26-18-20-10-8-12-22(28-20)36(5)32/h8-13,26-27,36H,7,14-19H2,1-6H3. The Morgan fingerprint density at radius 1 is 1.03 bits per heavy atom. The van der Waals surface area contributed by atoms with Gasteiger partial charge in [0.15, 0.2) is 0 Å². The highest BCUT2D eigenvalue weighted by molar-refractivity contribution is 7.65. The molecule has 2 N–H and O–H groups in total. The second-order valence-corrected chi connectivity index (χ2v) is 13.7. The van der Waals surface area contributed by atoms with E-state index in [0.717, 1.165) is 11.4 Å². The Morgan fingerprint density at radius 3 is 2.14 bits per heavy atom. The van der Waals surface area contributed by atoms with Crippen molar-refractivity contribution in [3.05, 3.63) is 47.8 Å². The molecule has 0 fully saturated rings. The minimum atomic E-state index is -2.94. The Hall–Kier alpha value is -2.09. The maximum atomic E-state index is 12.8. The van der Waals surface area contributed by atoms with Gasteiger partial charge in [-0.25, -0.2) is 14.8 Å². The number of hydrogen-bond acceptors (Lipinski definition) is 9. The molecule has 2 rings (SSSR count). The van der Waals surface area contributed by atoms with Gasteiger partial charge >= 0.3 is 6.09 Å². The van der Waals surface area contributed by atoms with Crippen molar-refractivity contribution in [1.82, 2.24) is 25.5 Å². The first-order valence-corrected chi connectivity index (χ1v) is 16.4. The van der Waals surface area contributed by atoms with Crippen molar-refractivity contribution < 1.29 is 23.2 Å². The normalized spacial score (nSPS) is 14.1. The molecule has 2 atom stereocenters. The Labute approximate surface area is 221 Å². The average molecular weight is 554 g/mol. The van der Waals surface area contributed by atoms with Crippen molar-refractivity contribution in [1.29, 1.82) is 0 Å². The Morgan fingerprint density at radius 2 is 1.59 bits per heavy atom. The van der Waals surface area contributed by atoms with E-state index in [1.54, 1.807) is 37.3 Å². The van der Waals surface area contributed by atoms with E-state index in [1.807, 2.05) is 45.0 Å². The molecule has 0 radical (unpaired) electrons. The van der Waals surface area contributed by atoms with Gasteiger partial charge < -0.3 is 29.4 Å². The van der Waals surface area contributed by atoms with Gasteiger partial charge in [0.1, 0.15) is 18.8 Å². The molecule has 0 saturated heterocycles. The second kappa shape index (κ2) is 14.7. The maximum absolute atomic E-state index is 12.8. The smallest absolute Gasteiger partial charge is 0.410 e. The van der Waals surface area contributed by atoms with E-state index in [0.29, 0.717) is 56.7 Å². The molecular formula is C25H41N5O5P2. The quantitative estimate of drug-likeness (QED) is 0.269. The largest absolute Gasteiger partial charge is 0.444 e. The zero-order valence-corrected chi connectivity index (χ0v) is 24.6. The monoisotopic (exact) mass is 553 g/mol. The van der Waals surface area contributed by atoms with Crippen molar-refractivity contribution in [2.24, 2.45) is 0 Å². The lowest BCUT2D eigenvalue weighted by atomic mass is 10.2. The van der Waals surface area contributed by atoms with Gasteiger partial charge in [-0.1, -0.05) is 12.1 Å². The summed E-state index contributed by atoms with van der Waals surface area (Å²) in [6.07, 6.45) is -0.385. The summed E-state index contributed by atoms with van der Waals surface area (Å²) in [7, 11) is -4.78. The Bertz CT molecular complexity index is 1090. The van der Waals surface area contributed by atoms with E-state index in [9.17, 15) is 13.9 Å². The summed E-state index contributed by atoms with van der Waals surface area (Å²) in [5.41, 5.74) is 2.01. The van der Waals surface area contributed by atoms with Gasteiger partial charge in [-0.2, -0.15) is 0 Å². The van der Waals surface area contributed by atoms with Gasteiger partial charge in [0.25, 0.3) is 0 Å². The minimum Gasteiger partial charge on any atom is -0.444 e. The van der Waals surface area contributed by atoms with Gasteiger partial charge in [-0.3, -0.25) is 4.57 Å². The van der Waals surface area contributed by atoms with Crippen LogP contribution in [-0.4, -0.2) is 72.7 Å². The number of amides is 1. The van der Waals surface area contributed by atoms with E-state index in [1.165, 1.54) is 0 Å². The highest BCUT2D eigenvalue weighted by Gasteiger charge is 2.22. The molecule has 2 aromatic rings. The van der Waals surface area contributed by atoms with Crippen LogP contribution in [0.2, 0.25) is 0 Å². The number of ether oxygens (including phenoxy) is 1.